The van der Waals surface area contributed by atoms with E-state index in [4.69, 9.17) is 11.6 Å². The lowest BCUT2D eigenvalue weighted by Crippen LogP contribution is -2.03. The number of nitrogens with zero attached hydrogens (tertiary/aromatic N) is 2. The molecule has 0 aliphatic carbocycles. The first kappa shape index (κ1) is 11.5. The minimum absolute atomic E-state index is 0.557. The van der Waals surface area contributed by atoms with E-state index in [0.29, 0.717) is 5.92 Å². The summed E-state index contributed by atoms with van der Waals surface area (Å²) in [5.74, 6) is 2.43. The highest BCUT2D eigenvalue weighted by molar-refractivity contribution is 6.18. The molecule has 0 fully saturated rings. The lowest BCUT2D eigenvalue weighted by molar-refractivity contribution is 0.573. The number of imidazole rings is 1. The fourth-order valence-corrected chi connectivity index (χ4v) is 2.03. The molecule has 0 spiro atoms. The number of fused-ring (bicyclic) bond motifs is 1. The number of halogens is 1. The Morgan fingerprint density at radius 1 is 1.38 bits per heavy atom. The maximum absolute atomic E-state index is 5.81. The smallest absolute Gasteiger partial charge is 0.109 e. The van der Waals surface area contributed by atoms with E-state index >= 15 is 0 Å². The van der Waals surface area contributed by atoms with Gasteiger partial charge in [0.2, 0.25) is 0 Å². The summed E-state index contributed by atoms with van der Waals surface area (Å²) in [4.78, 5) is 4.64. The predicted molar refractivity (Wildman–Crippen MR) is 68.9 cm³/mol. The second-order valence-electron chi connectivity index (χ2n) is 4.37. The van der Waals surface area contributed by atoms with E-state index in [2.05, 4.69) is 41.7 Å². The van der Waals surface area contributed by atoms with Gasteiger partial charge in [-0.15, -0.1) is 11.6 Å². The van der Waals surface area contributed by atoms with Gasteiger partial charge in [0.1, 0.15) is 5.82 Å². The number of aromatic nitrogens is 2. The molecule has 0 N–H and O–H groups in total. The summed E-state index contributed by atoms with van der Waals surface area (Å²) in [5.41, 5.74) is 2.29. The maximum atomic E-state index is 5.81. The third-order valence-corrected chi connectivity index (χ3v) is 3.53. The van der Waals surface area contributed by atoms with E-state index in [1.807, 2.05) is 6.07 Å². The van der Waals surface area contributed by atoms with E-state index in [0.717, 1.165) is 30.1 Å². The maximum Gasteiger partial charge on any atom is 0.109 e. The van der Waals surface area contributed by atoms with E-state index in [9.17, 15) is 0 Å². The van der Waals surface area contributed by atoms with Gasteiger partial charge in [-0.05, 0) is 24.5 Å². The molecule has 2 nitrogen and oxygen atoms in total. The highest BCUT2D eigenvalue weighted by Gasteiger charge is 2.08. The average Bonchev–Trinajstić information content (AvgIpc) is 2.64. The fourth-order valence-electron chi connectivity index (χ4n) is 1.87. The Morgan fingerprint density at radius 3 is 2.81 bits per heavy atom. The van der Waals surface area contributed by atoms with Gasteiger partial charge in [0.25, 0.3) is 0 Å². The van der Waals surface area contributed by atoms with Gasteiger partial charge in [0.05, 0.1) is 11.0 Å². The van der Waals surface area contributed by atoms with Crippen LogP contribution in [0.1, 0.15) is 19.2 Å². The van der Waals surface area contributed by atoms with Crippen molar-refractivity contribution in [2.24, 2.45) is 13.0 Å². The van der Waals surface area contributed by atoms with Gasteiger partial charge in [-0.25, -0.2) is 4.98 Å². The Bertz CT molecular complexity index is 476. The van der Waals surface area contributed by atoms with Gasteiger partial charge in [0.15, 0.2) is 0 Å². The van der Waals surface area contributed by atoms with E-state index in [1.165, 1.54) is 5.52 Å². The molecule has 0 aliphatic rings. The number of alkyl halides is 1. The minimum atomic E-state index is 0.557. The van der Waals surface area contributed by atoms with Crippen LogP contribution in [0, 0.1) is 5.92 Å². The predicted octanol–water partition coefficient (Wildman–Crippen LogP) is 3.38. The molecule has 0 aliphatic heterocycles. The number of aryl methyl sites for hydroxylation is 2. The van der Waals surface area contributed by atoms with Crippen LogP contribution in [0.15, 0.2) is 24.3 Å². The molecule has 16 heavy (non-hydrogen) atoms. The Balaban J connectivity index is 2.21. The highest BCUT2D eigenvalue weighted by atomic mass is 35.5. The van der Waals surface area contributed by atoms with Crippen molar-refractivity contribution in [3.63, 3.8) is 0 Å². The SMILES string of the molecule is CC(CCl)CCc1nc2ccccc2n1C. The molecule has 3 heteroatoms. The third kappa shape index (κ3) is 2.22. The summed E-state index contributed by atoms with van der Waals surface area (Å²) in [6.45, 7) is 2.18. The summed E-state index contributed by atoms with van der Waals surface area (Å²) in [6.07, 6.45) is 2.10. The van der Waals surface area contributed by atoms with Crippen molar-refractivity contribution in [2.75, 3.05) is 5.88 Å². The quantitative estimate of drug-likeness (QED) is 0.745. The first-order valence-electron chi connectivity index (χ1n) is 5.68. The molecule has 1 aromatic heterocycles. The van der Waals surface area contributed by atoms with Gasteiger partial charge in [-0.2, -0.15) is 0 Å². The van der Waals surface area contributed by atoms with Crippen LogP contribution in [0.3, 0.4) is 0 Å². The minimum Gasteiger partial charge on any atom is -0.331 e. The zero-order valence-electron chi connectivity index (χ0n) is 9.78. The Kier molecular flexibility index (Phi) is 3.49. The Morgan fingerprint density at radius 2 is 2.12 bits per heavy atom. The van der Waals surface area contributed by atoms with Crippen molar-refractivity contribution in [3.8, 4) is 0 Å². The molecule has 1 heterocycles. The van der Waals surface area contributed by atoms with Crippen LogP contribution in [0.2, 0.25) is 0 Å². The lowest BCUT2D eigenvalue weighted by atomic mass is 10.1. The Labute approximate surface area is 101 Å². The Hall–Kier alpha value is -1.02. The van der Waals surface area contributed by atoms with Crippen molar-refractivity contribution in [2.45, 2.75) is 19.8 Å². The topological polar surface area (TPSA) is 17.8 Å². The number of hydrogen-bond donors (Lipinski definition) is 0. The highest BCUT2D eigenvalue weighted by Crippen LogP contribution is 2.17. The molecule has 0 amide bonds. The molecular formula is C13H17ClN2. The zero-order chi connectivity index (χ0) is 11.5. The van der Waals surface area contributed by atoms with Gasteiger partial charge in [-0.3, -0.25) is 0 Å². The largest absolute Gasteiger partial charge is 0.331 e. The number of benzene rings is 1. The molecule has 2 aromatic rings. The lowest BCUT2D eigenvalue weighted by Gasteiger charge is -2.06. The van der Waals surface area contributed by atoms with E-state index in [-0.39, 0.29) is 0 Å². The first-order chi connectivity index (χ1) is 7.72. The van der Waals surface area contributed by atoms with Crippen molar-refractivity contribution in [3.05, 3.63) is 30.1 Å². The molecular weight excluding hydrogens is 220 g/mol. The molecule has 0 saturated carbocycles. The van der Waals surface area contributed by atoms with Crippen LogP contribution in [-0.2, 0) is 13.5 Å². The van der Waals surface area contributed by atoms with Crippen molar-refractivity contribution in [1.82, 2.24) is 9.55 Å². The summed E-state index contributed by atoms with van der Waals surface area (Å²) < 4.78 is 2.18. The molecule has 0 saturated heterocycles. The summed E-state index contributed by atoms with van der Waals surface area (Å²) in [5, 5.41) is 0. The summed E-state index contributed by atoms with van der Waals surface area (Å²) >= 11 is 5.81. The fraction of sp³-hybridized carbons (Fsp3) is 0.462. The molecule has 2 rings (SSSR count). The molecule has 0 bridgehead atoms. The molecule has 1 aromatic carbocycles. The summed E-state index contributed by atoms with van der Waals surface area (Å²) in [7, 11) is 2.08. The first-order valence-corrected chi connectivity index (χ1v) is 6.22. The molecule has 0 radical (unpaired) electrons. The van der Waals surface area contributed by atoms with E-state index < -0.39 is 0 Å². The van der Waals surface area contributed by atoms with Gasteiger partial charge in [0, 0.05) is 19.3 Å². The van der Waals surface area contributed by atoms with Gasteiger partial charge >= 0.3 is 0 Å². The zero-order valence-corrected chi connectivity index (χ0v) is 10.5. The molecule has 86 valence electrons. The van der Waals surface area contributed by atoms with Crippen molar-refractivity contribution < 1.29 is 0 Å². The van der Waals surface area contributed by atoms with Gasteiger partial charge in [-0.1, -0.05) is 19.1 Å². The second kappa shape index (κ2) is 4.88. The van der Waals surface area contributed by atoms with Crippen LogP contribution in [-0.4, -0.2) is 15.4 Å². The van der Waals surface area contributed by atoms with Crippen LogP contribution in [0.5, 0.6) is 0 Å². The van der Waals surface area contributed by atoms with Crippen LogP contribution in [0.25, 0.3) is 11.0 Å². The van der Waals surface area contributed by atoms with Crippen molar-refractivity contribution in [1.29, 1.82) is 0 Å². The van der Waals surface area contributed by atoms with Gasteiger partial charge < -0.3 is 4.57 Å². The third-order valence-electron chi connectivity index (χ3n) is 3.00. The average molecular weight is 237 g/mol. The monoisotopic (exact) mass is 236 g/mol. The summed E-state index contributed by atoms with van der Waals surface area (Å²) in [6, 6.07) is 8.25. The van der Waals surface area contributed by atoms with E-state index in [1.54, 1.807) is 0 Å². The van der Waals surface area contributed by atoms with Crippen molar-refractivity contribution >= 4 is 22.6 Å². The van der Waals surface area contributed by atoms with Crippen LogP contribution < -0.4 is 0 Å². The number of para-hydroxylation sites is 2. The van der Waals surface area contributed by atoms with Crippen LogP contribution in [0.4, 0.5) is 0 Å². The molecule has 1 unspecified atom stereocenters. The standard InChI is InChI=1S/C13H17ClN2/c1-10(9-14)7-8-13-15-11-5-3-4-6-12(11)16(13)2/h3-6,10H,7-9H2,1-2H3. The normalized spacial score (nSPS) is 13.2. The number of rotatable bonds is 4. The second-order valence-corrected chi connectivity index (χ2v) is 4.68. The number of hydrogen-bond acceptors (Lipinski definition) is 1. The van der Waals surface area contributed by atoms with Crippen LogP contribution >= 0.6 is 11.6 Å². The molecule has 1 atom stereocenters.